The van der Waals surface area contributed by atoms with Gasteiger partial charge in [-0.05, 0) is 32.2 Å². The minimum Gasteiger partial charge on any atom is -0.330 e. The van der Waals surface area contributed by atoms with Gasteiger partial charge >= 0.3 is 0 Å². The summed E-state index contributed by atoms with van der Waals surface area (Å²) in [6.07, 6.45) is 8.33. The summed E-state index contributed by atoms with van der Waals surface area (Å²) < 4.78 is 0. The van der Waals surface area contributed by atoms with Crippen molar-refractivity contribution >= 4 is 11.8 Å². The summed E-state index contributed by atoms with van der Waals surface area (Å²) >= 11 is 0. The van der Waals surface area contributed by atoms with Crippen molar-refractivity contribution in [2.45, 2.75) is 70.8 Å². The lowest BCUT2D eigenvalue weighted by Gasteiger charge is -2.29. The molecule has 1 aliphatic carbocycles. The SMILES string of the molecule is CCC(CCN)N1C(=O)CC2(CCCCCC2)C1=O. The molecule has 1 unspecified atom stereocenters. The van der Waals surface area contributed by atoms with Crippen molar-refractivity contribution in [3.05, 3.63) is 0 Å². The number of imide groups is 1. The van der Waals surface area contributed by atoms with Gasteiger partial charge in [0.2, 0.25) is 11.8 Å². The lowest BCUT2D eigenvalue weighted by atomic mass is 9.79. The molecule has 0 aromatic carbocycles. The van der Waals surface area contributed by atoms with E-state index in [0.29, 0.717) is 13.0 Å². The van der Waals surface area contributed by atoms with E-state index >= 15 is 0 Å². The lowest BCUT2D eigenvalue weighted by Crippen LogP contribution is -2.43. The van der Waals surface area contributed by atoms with Crippen LogP contribution in [-0.4, -0.2) is 29.3 Å². The van der Waals surface area contributed by atoms with Gasteiger partial charge in [-0.1, -0.05) is 32.6 Å². The van der Waals surface area contributed by atoms with E-state index in [1.807, 2.05) is 6.92 Å². The van der Waals surface area contributed by atoms with E-state index in [0.717, 1.165) is 38.5 Å². The van der Waals surface area contributed by atoms with Crippen molar-refractivity contribution < 1.29 is 9.59 Å². The summed E-state index contributed by atoms with van der Waals surface area (Å²) in [6, 6.07) is 0.00706. The number of hydrogen-bond acceptors (Lipinski definition) is 3. The van der Waals surface area contributed by atoms with Gasteiger partial charge in [0, 0.05) is 12.5 Å². The number of hydrogen-bond donors (Lipinski definition) is 1. The van der Waals surface area contributed by atoms with Gasteiger partial charge in [-0.25, -0.2) is 0 Å². The Morgan fingerprint density at radius 1 is 1.21 bits per heavy atom. The molecule has 0 aromatic rings. The van der Waals surface area contributed by atoms with Crippen LogP contribution in [0.4, 0.5) is 0 Å². The summed E-state index contributed by atoms with van der Waals surface area (Å²) in [7, 11) is 0. The second-order valence-electron chi connectivity index (χ2n) is 6.08. The predicted octanol–water partition coefficient (Wildman–Crippen LogP) is 2.21. The summed E-state index contributed by atoms with van der Waals surface area (Å²) in [5.41, 5.74) is 5.24. The quantitative estimate of drug-likeness (QED) is 0.793. The number of carbonyl (C=O) groups is 2. The first kappa shape index (κ1) is 14.5. The Morgan fingerprint density at radius 2 is 1.84 bits per heavy atom. The van der Waals surface area contributed by atoms with Crippen molar-refractivity contribution in [2.75, 3.05) is 6.54 Å². The fraction of sp³-hybridized carbons (Fsp3) is 0.867. The Bertz CT molecular complexity index is 346. The van der Waals surface area contributed by atoms with Gasteiger partial charge in [0.25, 0.3) is 0 Å². The molecule has 1 heterocycles. The summed E-state index contributed by atoms with van der Waals surface area (Å²) in [5.74, 6) is 0.131. The highest BCUT2D eigenvalue weighted by Crippen LogP contribution is 2.45. The van der Waals surface area contributed by atoms with Gasteiger partial charge in [-0.2, -0.15) is 0 Å². The Balaban J connectivity index is 2.19. The fourth-order valence-corrected chi connectivity index (χ4v) is 3.69. The normalized spacial score (nSPS) is 24.8. The molecule has 0 bridgehead atoms. The Hall–Kier alpha value is -0.900. The zero-order chi connectivity index (χ0) is 13.9. The van der Waals surface area contributed by atoms with Gasteiger partial charge in [0.05, 0.1) is 5.41 Å². The highest BCUT2D eigenvalue weighted by atomic mass is 16.2. The molecular formula is C15H26N2O2. The van der Waals surface area contributed by atoms with E-state index in [4.69, 9.17) is 5.73 Å². The highest BCUT2D eigenvalue weighted by molar-refractivity contribution is 6.06. The number of amides is 2. The minimum absolute atomic E-state index is 0.00706. The van der Waals surface area contributed by atoms with Crippen molar-refractivity contribution in [2.24, 2.45) is 11.1 Å². The molecule has 1 aliphatic heterocycles. The second-order valence-corrected chi connectivity index (χ2v) is 6.08. The number of likely N-dealkylation sites (tertiary alicyclic amines) is 1. The van der Waals surface area contributed by atoms with E-state index in [1.54, 1.807) is 4.90 Å². The molecule has 4 nitrogen and oxygen atoms in total. The average molecular weight is 266 g/mol. The minimum atomic E-state index is -0.365. The largest absolute Gasteiger partial charge is 0.330 e. The average Bonchev–Trinajstić information content (AvgIpc) is 2.59. The maximum absolute atomic E-state index is 12.8. The van der Waals surface area contributed by atoms with Gasteiger partial charge in [-0.3, -0.25) is 14.5 Å². The second kappa shape index (κ2) is 6.04. The summed E-state index contributed by atoms with van der Waals surface area (Å²) in [4.78, 5) is 26.6. The number of nitrogens with two attached hydrogens (primary N) is 1. The maximum atomic E-state index is 12.8. The monoisotopic (exact) mass is 266 g/mol. The van der Waals surface area contributed by atoms with Crippen LogP contribution in [0.5, 0.6) is 0 Å². The molecule has 1 spiro atoms. The van der Waals surface area contributed by atoms with Gasteiger partial charge < -0.3 is 5.73 Å². The smallest absolute Gasteiger partial charge is 0.236 e. The van der Waals surface area contributed by atoms with Crippen LogP contribution in [0.15, 0.2) is 0 Å². The molecule has 19 heavy (non-hydrogen) atoms. The van der Waals surface area contributed by atoms with Crippen molar-refractivity contribution in [3.8, 4) is 0 Å². The van der Waals surface area contributed by atoms with Gasteiger partial charge in [0.1, 0.15) is 0 Å². The molecule has 0 radical (unpaired) electrons. The molecule has 1 saturated heterocycles. The highest BCUT2D eigenvalue weighted by Gasteiger charge is 2.52. The molecule has 2 rings (SSSR count). The van der Waals surface area contributed by atoms with Crippen LogP contribution in [0.25, 0.3) is 0 Å². The standard InChI is InChI=1S/C15H26N2O2/c1-2-12(7-10-16)17-13(18)11-15(14(17)19)8-5-3-4-6-9-15/h12H,2-11,16H2,1H3. The van der Waals surface area contributed by atoms with E-state index in [1.165, 1.54) is 12.8 Å². The van der Waals surface area contributed by atoms with Crippen LogP contribution < -0.4 is 5.73 Å². The molecule has 1 atom stereocenters. The molecule has 1 saturated carbocycles. The van der Waals surface area contributed by atoms with Crippen LogP contribution >= 0.6 is 0 Å². The van der Waals surface area contributed by atoms with E-state index in [9.17, 15) is 9.59 Å². The van der Waals surface area contributed by atoms with Crippen LogP contribution in [0.3, 0.4) is 0 Å². The van der Waals surface area contributed by atoms with E-state index in [2.05, 4.69) is 0 Å². The number of rotatable bonds is 4. The lowest BCUT2D eigenvalue weighted by molar-refractivity contribution is -0.144. The fourth-order valence-electron chi connectivity index (χ4n) is 3.69. The Morgan fingerprint density at radius 3 is 2.37 bits per heavy atom. The van der Waals surface area contributed by atoms with Gasteiger partial charge in [0.15, 0.2) is 0 Å². The third kappa shape index (κ3) is 2.69. The maximum Gasteiger partial charge on any atom is 0.236 e. The molecule has 2 N–H and O–H groups in total. The molecule has 4 heteroatoms. The van der Waals surface area contributed by atoms with Crippen LogP contribution in [-0.2, 0) is 9.59 Å². The molecule has 108 valence electrons. The molecule has 2 amide bonds. The molecule has 2 fully saturated rings. The molecule has 0 aromatic heterocycles. The van der Waals surface area contributed by atoms with Crippen molar-refractivity contribution in [3.63, 3.8) is 0 Å². The number of nitrogens with zero attached hydrogens (tertiary/aromatic N) is 1. The Kier molecular flexibility index (Phi) is 4.61. The van der Waals surface area contributed by atoms with E-state index < -0.39 is 0 Å². The third-order valence-corrected chi connectivity index (χ3v) is 4.83. The van der Waals surface area contributed by atoms with Gasteiger partial charge in [-0.15, -0.1) is 0 Å². The first-order valence-corrected chi connectivity index (χ1v) is 7.71. The van der Waals surface area contributed by atoms with E-state index in [-0.39, 0.29) is 23.3 Å². The first-order valence-electron chi connectivity index (χ1n) is 7.71. The van der Waals surface area contributed by atoms with Crippen LogP contribution in [0.2, 0.25) is 0 Å². The van der Waals surface area contributed by atoms with Crippen molar-refractivity contribution in [1.82, 2.24) is 4.90 Å². The zero-order valence-corrected chi connectivity index (χ0v) is 12.0. The topological polar surface area (TPSA) is 63.4 Å². The van der Waals surface area contributed by atoms with Crippen LogP contribution in [0.1, 0.15) is 64.7 Å². The number of carbonyl (C=O) groups excluding carboxylic acids is 2. The molecular weight excluding hydrogens is 240 g/mol. The van der Waals surface area contributed by atoms with Crippen LogP contribution in [0, 0.1) is 5.41 Å². The zero-order valence-electron chi connectivity index (χ0n) is 12.0. The van der Waals surface area contributed by atoms with Crippen molar-refractivity contribution in [1.29, 1.82) is 0 Å². The Labute approximate surface area is 115 Å². The summed E-state index contributed by atoms with van der Waals surface area (Å²) in [5, 5.41) is 0. The first-order chi connectivity index (χ1) is 9.14. The molecule has 2 aliphatic rings. The summed E-state index contributed by atoms with van der Waals surface area (Å²) in [6.45, 7) is 2.56. The predicted molar refractivity (Wildman–Crippen MR) is 74.4 cm³/mol. The third-order valence-electron chi connectivity index (χ3n) is 4.83.